The number of benzene rings is 1. The summed E-state index contributed by atoms with van der Waals surface area (Å²) in [4.78, 5) is 7.39. The van der Waals surface area contributed by atoms with Crippen molar-refractivity contribution in [3.05, 3.63) is 35.9 Å². The Labute approximate surface area is 119 Å². The fraction of sp³-hybridized carbons (Fsp3) is 0.333. The number of fused-ring (bicyclic) bond motifs is 1. The Hall–Kier alpha value is -1.68. The van der Waals surface area contributed by atoms with Crippen molar-refractivity contribution >= 4 is 33.9 Å². The lowest BCUT2D eigenvalue weighted by Gasteiger charge is -2.22. The van der Waals surface area contributed by atoms with Gasteiger partial charge in [0.05, 0.1) is 5.52 Å². The average molecular weight is 273 g/mol. The topological polar surface area (TPSA) is 42.1 Å². The van der Waals surface area contributed by atoms with Crippen molar-refractivity contribution in [1.29, 1.82) is 0 Å². The van der Waals surface area contributed by atoms with Gasteiger partial charge in [0.2, 0.25) is 0 Å². The van der Waals surface area contributed by atoms with E-state index in [1.54, 1.807) is 0 Å². The van der Waals surface area contributed by atoms with Crippen molar-refractivity contribution < 1.29 is 0 Å². The first kappa shape index (κ1) is 13.7. The molecule has 2 N–H and O–H groups in total. The van der Waals surface area contributed by atoms with Crippen LogP contribution in [0, 0.1) is 0 Å². The van der Waals surface area contributed by atoms with E-state index < -0.39 is 0 Å². The van der Waals surface area contributed by atoms with E-state index in [9.17, 15) is 0 Å². The van der Waals surface area contributed by atoms with Crippen LogP contribution in [0.25, 0.3) is 10.9 Å². The lowest BCUT2D eigenvalue weighted by atomic mass is 10.1. The van der Waals surface area contributed by atoms with Gasteiger partial charge in [-0.3, -0.25) is 0 Å². The van der Waals surface area contributed by atoms with Gasteiger partial charge in [-0.05, 0) is 25.5 Å². The fourth-order valence-electron chi connectivity index (χ4n) is 2.23. The van der Waals surface area contributed by atoms with Crippen molar-refractivity contribution in [2.45, 2.75) is 20.3 Å². The molecule has 0 aliphatic rings. The van der Waals surface area contributed by atoms with Crippen LogP contribution in [0.15, 0.2) is 30.3 Å². The minimum Gasteiger partial charge on any atom is -0.389 e. The van der Waals surface area contributed by atoms with Crippen LogP contribution in [-0.4, -0.2) is 23.1 Å². The molecule has 0 unspecified atom stereocenters. The molecule has 2 aromatic rings. The monoisotopic (exact) mass is 273 g/mol. The number of nitrogens with zero attached hydrogens (tertiary/aromatic N) is 2. The quantitative estimate of drug-likeness (QED) is 0.850. The molecule has 0 radical (unpaired) electrons. The van der Waals surface area contributed by atoms with Crippen molar-refractivity contribution in [3.63, 3.8) is 0 Å². The lowest BCUT2D eigenvalue weighted by Crippen LogP contribution is -2.25. The van der Waals surface area contributed by atoms with E-state index in [0.29, 0.717) is 4.99 Å². The minimum absolute atomic E-state index is 0.424. The van der Waals surface area contributed by atoms with Crippen molar-refractivity contribution in [2.24, 2.45) is 5.73 Å². The number of hydrogen-bond donors (Lipinski definition) is 1. The Kier molecular flexibility index (Phi) is 4.32. The summed E-state index contributed by atoms with van der Waals surface area (Å²) in [5, 5.41) is 1.02. The number of para-hydroxylation sites is 1. The summed E-state index contributed by atoms with van der Waals surface area (Å²) in [5.74, 6) is 0.950. The van der Waals surface area contributed by atoms with Gasteiger partial charge in [0.15, 0.2) is 0 Å². The lowest BCUT2D eigenvalue weighted by molar-refractivity contribution is 0.781. The van der Waals surface area contributed by atoms with Crippen LogP contribution in [-0.2, 0) is 0 Å². The maximum absolute atomic E-state index is 5.85. The van der Waals surface area contributed by atoms with Crippen LogP contribution in [0.1, 0.15) is 25.8 Å². The van der Waals surface area contributed by atoms with E-state index in [0.717, 1.165) is 41.8 Å². The smallest absolute Gasteiger partial charge is 0.129 e. The molecule has 0 atom stereocenters. The number of pyridine rings is 1. The van der Waals surface area contributed by atoms with Gasteiger partial charge >= 0.3 is 0 Å². The van der Waals surface area contributed by atoms with E-state index in [4.69, 9.17) is 22.9 Å². The SMILES string of the molecule is CCCN(CC)c1cc(C(N)=S)c2ccccc2n1. The average Bonchev–Trinajstić information content (AvgIpc) is 2.43. The summed E-state index contributed by atoms with van der Waals surface area (Å²) < 4.78 is 0. The molecule has 0 fully saturated rings. The Balaban J connectivity index is 2.60. The Morgan fingerprint density at radius 3 is 2.68 bits per heavy atom. The normalized spacial score (nSPS) is 10.6. The number of aromatic nitrogens is 1. The van der Waals surface area contributed by atoms with E-state index in [1.807, 2.05) is 30.3 Å². The zero-order chi connectivity index (χ0) is 13.8. The van der Waals surface area contributed by atoms with Crippen molar-refractivity contribution in [3.8, 4) is 0 Å². The summed E-state index contributed by atoms with van der Waals surface area (Å²) in [7, 11) is 0. The molecule has 0 bridgehead atoms. The molecule has 0 aliphatic carbocycles. The maximum atomic E-state index is 5.85. The highest BCUT2D eigenvalue weighted by Gasteiger charge is 2.11. The molecule has 0 aliphatic heterocycles. The minimum atomic E-state index is 0.424. The van der Waals surface area contributed by atoms with Crippen molar-refractivity contribution in [2.75, 3.05) is 18.0 Å². The highest BCUT2D eigenvalue weighted by molar-refractivity contribution is 7.80. The summed E-state index contributed by atoms with van der Waals surface area (Å²) in [6.45, 7) is 6.21. The summed E-state index contributed by atoms with van der Waals surface area (Å²) in [6, 6.07) is 9.98. The van der Waals surface area contributed by atoms with Crippen LogP contribution < -0.4 is 10.6 Å². The third-order valence-corrected chi connectivity index (χ3v) is 3.39. The van der Waals surface area contributed by atoms with Crippen LogP contribution in [0.4, 0.5) is 5.82 Å². The first-order valence-electron chi connectivity index (χ1n) is 6.61. The van der Waals surface area contributed by atoms with Crippen molar-refractivity contribution in [1.82, 2.24) is 4.98 Å². The largest absolute Gasteiger partial charge is 0.389 e. The molecule has 0 saturated heterocycles. The standard InChI is InChI=1S/C15H19N3S/c1-3-9-18(4-2)14-10-12(15(16)19)11-7-5-6-8-13(11)17-14/h5-8,10H,3-4,9H2,1-2H3,(H2,16,19). The number of thiocarbonyl (C=S) groups is 1. The van der Waals surface area contributed by atoms with Gasteiger partial charge in [-0.25, -0.2) is 4.98 Å². The number of hydrogen-bond acceptors (Lipinski definition) is 3. The number of nitrogens with two attached hydrogens (primary N) is 1. The van der Waals surface area contributed by atoms with Crippen LogP contribution in [0.5, 0.6) is 0 Å². The van der Waals surface area contributed by atoms with Crippen LogP contribution in [0.3, 0.4) is 0 Å². The van der Waals surface area contributed by atoms with Gasteiger partial charge < -0.3 is 10.6 Å². The Bertz CT molecular complexity index is 595. The Morgan fingerprint density at radius 2 is 2.05 bits per heavy atom. The molecule has 100 valence electrons. The van der Waals surface area contributed by atoms with Crippen LogP contribution >= 0.6 is 12.2 Å². The molecule has 19 heavy (non-hydrogen) atoms. The molecular weight excluding hydrogens is 254 g/mol. The maximum Gasteiger partial charge on any atom is 0.129 e. The first-order valence-corrected chi connectivity index (χ1v) is 7.02. The molecule has 0 saturated carbocycles. The van der Waals surface area contributed by atoms with Crippen LogP contribution in [0.2, 0.25) is 0 Å². The number of anilines is 1. The van der Waals surface area contributed by atoms with Gasteiger partial charge in [-0.2, -0.15) is 0 Å². The molecule has 3 nitrogen and oxygen atoms in total. The summed E-state index contributed by atoms with van der Waals surface area (Å²) in [6.07, 6.45) is 1.09. The van der Waals surface area contributed by atoms with Gasteiger partial charge in [0.1, 0.15) is 10.8 Å². The predicted molar refractivity (Wildman–Crippen MR) is 85.8 cm³/mol. The third-order valence-electron chi connectivity index (χ3n) is 3.17. The van der Waals surface area contributed by atoms with Gasteiger partial charge in [0, 0.05) is 24.0 Å². The fourth-order valence-corrected chi connectivity index (χ4v) is 2.40. The second-order valence-electron chi connectivity index (χ2n) is 4.49. The predicted octanol–water partition coefficient (Wildman–Crippen LogP) is 3.11. The molecule has 0 amide bonds. The van der Waals surface area contributed by atoms with E-state index in [-0.39, 0.29) is 0 Å². The van der Waals surface area contributed by atoms with E-state index >= 15 is 0 Å². The molecule has 0 spiro atoms. The second kappa shape index (κ2) is 5.97. The first-order chi connectivity index (χ1) is 9.17. The Morgan fingerprint density at radius 1 is 1.32 bits per heavy atom. The molecule has 4 heteroatoms. The van der Waals surface area contributed by atoms with Gasteiger partial charge in [0.25, 0.3) is 0 Å². The highest BCUT2D eigenvalue weighted by atomic mass is 32.1. The molecular formula is C15H19N3S. The molecule has 2 rings (SSSR count). The highest BCUT2D eigenvalue weighted by Crippen LogP contribution is 2.23. The second-order valence-corrected chi connectivity index (χ2v) is 4.93. The molecule has 1 heterocycles. The van der Waals surface area contributed by atoms with E-state index in [2.05, 4.69) is 18.7 Å². The zero-order valence-corrected chi connectivity index (χ0v) is 12.2. The zero-order valence-electron chi connectivity index (χ0n) is 11.4. The molecule has 1 aromatic carbocycles. The summed E-state index contributed by atoms with van der Waals surface area (Å²) in [5.41, 5.74) is 7.70. The third kappa shape index (κ3) is 2.84. The summed E-state index contributed by atoms with van der Waals surface area (Å²) >= 11 is 5.17. The molecule has 1 aromatic heterocycles. The number of rotatable bonds is 5. The van der Waals surface area contributed by atoms with E-state index in [1.165, 1.54) is 0 Å². The van der Waals surface area contributed by atoms with Gasteiger partial charge in [-0.15, -0.1) is 0 Å². The van der Waals surface area contributed by atoms with Gasteiger partial charge in [-0.1, -0.05) is 37.3 Å².